The Hall–Kier alpha value is -1.18. The highest BCUT2D eigenvalue weighted by atomic mass is 127. The smallest absolute Gasteiger partial charge is 0.229 e. The number of aryl methyl sites for hydroxylation is 1. The molecule has 5 nitrogen and oxygen atoms in total. The lowest BCUT2D eigenvalue weighted by molar-refractivity contribution is -0.129. The van der Waals surface area contributed by atoms with Crippen LogP contribution < -0.4 is 10.6 Å². The largest absolute Gasteiger partial charge is 0.356 e. The second-order valence-electron chi connectivity index (χ2n) is 4.29. The van der Waals surface area contributed by atoms with E-state index in [0.717, 1.165) is 9.26 Å². The first-order valence-corrected chi connectivity index (χ1v) is 6.85. The molecule has 1 saturated heterocycles. The molecule has 0 aromatic carbocycles. The zero-order valence-corrected chi connectivity index (χ0v) is 12.2. The van der Waals surface area contributed by atoms with Crippen molar-refractivity contribution < 1.29 is 9.59 Å². The lowest BCUT2D eigenvalue weighted by atomic mass is 9.97. The second-order valence-corrected chi connectivity index (χ2v) is 5.45. The summed E-state index contributed by atoms with van der Waals surface area (Å²) in [6.45, 7) is 2.46. The normalized spacial score (nSPS) is 19.2. The monoisotopic (exact) mass is 359 g/mol. The number of rotatable bonds is 2. The lowest BCUT2D eigenvalue weighted by Crippen LogP contribution is -2.38. The van der Waals surface area contributed by atoms with Gasteiger partial charge in [-0.15, -0.1) is 0 Å². The van der Waals surface area contributed by atoms with Gasteiger partial charge < -0.3 is 10.6 Å². The number of amides is 2. The van der Waals surface area contributed by atoms with Crippen molar-refractivity contribution in [1.82, 2.24) is 10.3 Å². The third-order valence-corrected chi connectivity index (χ3v) is 4.03. The summed E-state index contributed by atoms with van der Waals surface area (Å²) in [6, 6.07) is 3.68. The fraction of sp³-hybridized carbons (Fsp3) is 0.417. The van der Waals surface area contributed by atoms with E-state index in [1.165, 1.54) is 0 Å². The molecule has 2 heterocycles. The summed E-state index contributed by atoms with van der Waals surface area (Å²) in [4.78, 5) is 27.5. The molecule has 2 rings (SSSR count). The third kappa shape index (κ3) is 3.18. The molecule has 0 radical (unpaired) electrons. The van der Waals surface area contributed by atoms with Crippen LogP contribution in [0.5, 0.6) is 0 Å². The number of carbonyl (C=O) groups is 2. The van der Waals surface area contributed by atoms with E-state index >= 15 is 0 Å². The first-order valence-electron chi connectivity index (χ1n) is 5.77. The van der Waals surface area contributed by atoms with E-state index in [2.05, 4.69) is 38.2 Å². The molecule has 1 aliphatic rings. The number of carbonyl (C=O) groups excluding carboxylic acids is 2. The maximum atomic E-state index is 12.0. The molecule has 1 aromatic heterocycles. The summed E-state index contributed by atoms with van der Waals surface area (Å²) < 4.78 is 1.06. The van der Waals surface area contributed by atoms with E-state index in [-0.39, 0.29) is 24.2 Å². The minimum Gasteiger partial charge on any atom is -0.356 e. The number of halogens is 1. The van der Waals surface area contributed by atoms with Gasteiger partial charge in [0, 0.05) is 22.5 Å². The van der Waals surface area contributed by atoms with Crippen molar-refractivity contribution in [3.8, 4) is 0 Å². The minimum atomic E-state index is -0.250. The molecule has 0 unspecified atom stereocenters. The highest BCUT2D eigenvalue weighted by Crippen LogP contribution is 2.17. The zero-order chi connectivity index (χ0) is 13.1. The van der Waals surface area contributed by atoms with Crippen LogP contribution in [0.2, 0.25) is 0 Å². The molecule has 0 aliphatic carbocycles. The van der Waals surface area contributed by atoms with Crippen molar-refractivity contribution >= 4 is 40.2 Å². The molecule has 1 fully saturated rings. The van der Waals surface area contributed by atoms with E-state index < -0.39 is 0 Å². The van der Waals surface area contributed by atoms with Crippen LogP contribution in [-0.4, -0.2) is 23.3 Å². The number of anilines is 1. The average molecular weight is 359 g/mol. The molecule has 0 spiro atoms. The fourth-order valence-corrected chi connectivity index (χ4v) is 2.15. The van der Waals surface area contributed by atoms with Crippen molar-refractivity contribution in [2.45, 2.75) is 19.8 Å². The summed E-state index contributed by atoms with van der Waals surface area (Å²) >= 11 is 2.19. The Morgan fingerprint density at radius 3 is 3.00 bits per heavy atom. The highest BCUT2D eigenvalue weighted by molar-refractivity contribution is 14.1. The molecule has 96 valence electrons. The molecule has 1 aromatic rings. The number of hydrogen-bond acceptors (Lipinski definition) is 3. The first kappa shape index (κ1) is 13.3. The SMILES string of the molecule is Cc1nc(NC(=O)[C@H]2CCNC(=O)C2)ccc1I. The quantitative estimate of drug-likeness (QED) is 0.786. The third-order valence-electron chi connectivity index (χ3n) is 2.89. The fourth-order valence-electron chi connectivity index (χ4n) is 1.85. The van der Waals surface area contributed by atoms with Gasteiger partial charge in [-0.1, -0.05) is 0 Å². The molecule has 2 amide bonds. The van der Waals surface area contributed by atoms with Gasteiger partial charge >= 0.3 is 0 Å². The van der Waals surface area contributed by atoms with Gasteiger partial charge in [0.25, 0.3) is 0 Å². The van der Waals surface area contributed by atoms with Crippen molar-refractivity contribution in [2.75, 3.05) is 11.9 Å². The van der Waals surface area contributed by atoms with Crippen molar-refractivity contribution in [3.63, 3.8) is 0 Å². The van der Waals surface area contributed by atoms with Crippen LogP contribution in [0, 0.1) is 16.4 Å². The molecular weight excluding hydrogens is 345 g/mol. The summed E-state index contributed by atoms with van der Waals surface area (Å²) in [6.07, 6.45) is 0.941. The van der Waals surface area contributed by atoms with Gasteiger partial charge in [0.1, 0.15) is 5.82 Å². The number of hydrogen-bond donors (Lipinski definition) is 2. The first-order chi connectivity index (χ1) is 8.56. The van der Waals surface area contributed by atoms with Gasteiger partial charge in [-0.05, 0) is 48.1 Å². The molecule has 2 N–H and O–H groups in total. The Kier molecular flexibility index (Phi) is 4.15. The zero-order valence-electron chi connectivity index (χ0n) is 10.00. The van der Waals surface area contributed by atoms with Crippen LogP contribution >= 0.6 is 22.6 Å². The molecule has 6 heteroatoms. The number of piperidine rings is 1. The van der Waals surface area contributed by atoms with E-state index in [1.807, 2.05) is 13.0 Å². The number of pyridine rings is 1. The minimum absolute atomic E-state index is 0.0619. The summed E-state index contributed by atoms with van der Waals surface area (Å²) in [5.74, 6) is 0.107. The van der Waals surface area contributed by atoms with Crippen LogP contribution in [0.15, 0.2) is 12.1 Å². The molecular formula is C12H14IN3O2. The standard InChI is InChI=1S/C12H14IN3O2/c1-7-9(13)2-3-10(15-7)16-12(18)8-4-5-14-11(17)6-8/h2-3,8H,4-6H2,1H3,(H,14,17)(H,15,16,18)/t8-/m0/s1. The number of nitrogens with one attached hydrogen (secondary N) is 2. The van der Waals surface area contributed by atoms with Crippen molar-refractivity contribution in [2.24, 2.45) is 5.92 Å². The molecule has 1 atom stereocenters. The Labute approximate surface area is 119 Å². The highest BCUT2D eigenvalue weighted by Gasteiger charge is 2.25. The molecule has 0 saturated carbocycles. The number of nitrogens with zero attached hydrogens (tertiary/aromatic N) is 1. The molecule has 0 bridgehead atoms. The van der Waals surface area contributed by atoms with Crippen LogP contribution in [0.25, 0.3) is 0 Å². The molecule has 1 aliphatic heterocycles. The number of aromatic nitrogens is 1. The van der Waals surface area contributed by atoms with Crippen LogP contribution in [-0.2, 0) is 9.59 Å². The summed E-state index contributed by atoms with van der Waals surface area (Å²) in [7, 11) is 0. The van der Waals surface area contributed by atoms with Gasteiger partial charge in [0.15, 0.2) is 0 Å². The Morgan fingerprint density at radius 1 is 1.56 bits per heavy atom. The van der Waals surface area contributed by atoms with E-state index in [0.29, 0.717) is 18.8 Å². The van der Waals surface area contributed by atoms with Crippen molar-refractivity contribution in [3.05, 3.63) is 21.4 Å². The molecule has 18 heavy (non-hydrogen) atoms. The van der Waals surface area contributed by atoms with E-state index in [1.54, 1.807) is 6.07 Å². The maximum absolute atomic E-state index is 12.0. The Bertz CT molecular complexity index is 490. The lowest BCUT2D eigenvalue weighted by Gasteiger charge is -2.21. The predicted molar refractivity (Wildman–Crippen MR) is 76.1 cm³/mol. The van der Waals surface area contributed by atoms with Gasteiger partial charge in [0.05, 0.1) is 5.69 Å². The topological polar surface area (TPSA) is 71.1 Å². The Morgan fingerprint density at radius 2 is 2.33 bits per heavy atom. The maximum Gasteiger partial charge on any atom is 0.229 e. The average Bonchev–Trinajstić information content (AvgIpc) is 2.34. The van der Waals surface area contributed by atoms with E-state index in [9.17, 15) is 9.59 Å². The van der Waals surface area contributed by atoms with Gasteiger partial charge in [0.2, 0.25) is 11.8 Å². The van der Waals surface area contributed by atoms with Crippen LogP contribution in [0.4, 0.5) is 5.82 Å². The van der Waals surface area contributed by atoms with E-state index in [4.69, 9.17) is 0 Å². The van der Waals surface area contributed by atoms with Crippen LogP contribution in [0.3, 0.4) is 0 Å². The van der Waals surface area contributed by atoms with Gasteiger partial charge in [-0.25, -0.2) is 4.98 Å². The van der Waals surface area contributed by atoms with Gasteiger partial charge in [-0.2, -0.15) is 0 Å². The van der Waals surface area contributed by atoms with Gasteiger partial charge in [-0.3, -0.25) is 9.59 Å². The van der Waals surface area contributed by atoms with Crippen LogP contribution in [0.1, 0.15) is 18.5 Å². The summed E-state index contributed by atoms with van der Waals surface area (Å²) in [5.41, 5.74) is 0.884. The van der Waals surface area contributed by atoms with Crippen molar-refractivity contribution in [1.29, 1.82) is 0 Å². The Balaban J connectivity index is 2.02. The second kappa shape index (κ2) is 5.64. The predicted octanol–water partition coefficient (Wildman–Crippen LogP) is 1.46. The summed E-state index contributed by atoms with van der Waals surface area (Å²) in [5, 5.41) is 5.48.